The Labute approximate surface area is 125 Å². The molecular weight excluding hydrogens is 266 g/mol. The highest BCUT2D eigenvalue weighted by atomic mass is 16.6. The van der Waals surface area contributed by atoms with E-state index >= 15 is 0 Å². The van der Waals surface area contributed by atoms with Crippen molar-refractivity contribution in [3.8, 4) is 11.5 Å². The van der Waals surface area contributed by atoms with E-state index in [1.807, 2.05) is 6.07 Å². The molecular formula is C16H23N3O2. The van der Waals surface area contributed by atoms with Crippen LogP contribution in [0.15, 0.2) is 12.1 Å². The van der Waals surface area contributed by atoms with Gasteiger partial charge in [0.1, 0.15) is 13.2 Å². The summed E-state index contributed by atoms with van der Waals surface area (Å²) in [6.45, 7) is 6.77. The predicted octanol–water partition coefficient (Wildman–Crippen LogP) is 1.32. The van der Waals surface area contributed by atoms with Gasteiger partial charge >= 0.3 is 0 Å². The van der Waals surface area contributed by atoms with Gasteiger partial charge in [0, 0.05) is 50.5 Å². The third-order valence-corrected chi connectivity index (χ3v) is 4.67. The summed E-state index contributed by atoms with van der Waals surface area (Å²) in [5.74, 6) is 1.61. The van der Waals surface area contributed by atoms with Crippen molar-refractivity contribution in [1.29, 1.82) is 0 Å². The molecule has 0 atom stereocenters. The average molecular weight is 289 g/mol. The highest BCUT2D eigenvalue weighted by Crippen LogP contribution is 2.35. The lowest BCUT2D eigenvalue weighted by Gasteiger charge is -2.35. The molecule has 1 aromatic rings. The number of nitrogens with two attached hydrogens (primary N) is 1. The molecule has 114 valence electrons. The Morgan fingerprint density at radius 2 is 1.67 bits per heavy atom. The summed E-state index contributed by atoms with van der Waals surface area (Å²) < 4.78 is 11.2. The molecule has 2 heterocycles. The van der Waals surface area contributed by atoms with E-state index in [-0.39, 0.29) is 0 Å². The van der Waals surface area contributed by atoms with Crippen molar-refractivity contribution in [2.24, 2.45) is 0 Å². The van der Waals surface area contributed by atoms with Crippen LogP contribution < -0.4 is 15.2 Å². The topological polar surface area (TPSA) is 51.0 Å². The minimum absolute atomic E-state index is 0.606. The highest BCUT2D eigenvalue weighted by Gasteiger charge is 2.31. The molecule has 0 amide bonds. The zero-order chi connectivity index (χ0) is 14.2. The molecule has 1 aromatic carbocycles. The first-order valence-electron chi connectivity index (χ1n) is 7.94. The Balaban J connectivity index is 1.42. The van der Waals surface area contributed by atoms with Crippen molar-refractivity contribution in [1.82, 2.24) is 9.80 Å². The molecule has 21 heavy (non-hydrogen) atoms. The second-order valence-corrected chi connectivity index (χ2v) is 6.24. The summed E-state index contributed by atoms with van der Waals surface area (Å²) in [7, 11) is 0. The monoisotopic (exact) mass is 289 g/mol. The van der Waals surface area contributed by atoms with Crippen molar-refractivity contribution in [3.63, 3.8) is 0 Å². The quantitative estimate of drug-likeness (QED) is 0.851. The van der Waals surface area contributed by atoms with Crippen LogP contribution in [0.25, 0.3) is 0 Å². The second-order valence-electron chi connectivity index (χ2n) is 6.24. The molecule has 2 fully saturated rings. The first-order valence-corrected chi connectivity index (χ1v) is 7.94. The normalized spacial score (nSPS) is 23.2. The van der Waals surface area contributed by atoms with Gasteiger partial charge in [0.25, 0.3) is 0 Å². The molecule has 4 rings (SSSR count). The lowest BCUT2D eigenvalue weighted by atomic mass is 10.1. The van der Waals surface area contributed by atoms with Crippen LogP contribution in [0.2, 0.25) is 0 Å². The van der Waals surface area contributed by atoms with Crippen LogP contribution in [0.3, 0.4) is 0 Å². The molecule has 2 N–H and O–H groups in total. The van der Waals surface area contributed by atoms with Gasteiger partial charge in [0.15, 0.2) is 11.5 Å². The third-order valence-electron chi connectivity index (χ3n) is 4.67. The van der Waals surface area contributed by atoms with Crippen LogP contribution in [0, 0.1) is 0 Å². The molecule has 0 radical (unpaired) electrons. The van der Waals surface area contributed by atoms with Gasteiger partial charge in [-0.05, 0) is 24.5 Å². The lowest BCUT2D eigenvalue weighted by Crippen LogP contribution is -2.46. The molecule has 1 aliphatic carbocycles. The van der Waals surface area contributed by atoms with Crippen LogP contribution in [-0.4, -0.2) is 55.2 Å². The van der Waals surface area contributed by atoms with Gasteiger partial charge in [-0.2, -0.15) is 0 Å². The number of ether oxygens (including phenoxy) is 2. The van der Waals surface area contributed by atoms with Gasteiger partial charge in [0.05, 0.1) is 0 Å². The minimum Gasteiger partial charge on any atom is -0.486 e. The number of rotatable bonds is 3. The van der Waals surface area contributed by atoms with E-state index in [1.54, 1.807) is 0 Å². The molecule has 0 spiro atoms. The molecule has 2 aliphatic heterocycles. The number of benzene rings is 1. The van der Waals surface area contributed by atoms with Crippen molar-refractivity contribution < 1.29 is 9.47 Å². The number of anilines is 1. The number of hydrogen-bond donors (Lipinski definition) is 1. The molecule has 1 saturated heterocycles. The van der Waals surface area contributed by atoms with Gasteiger partial charge in [-0.25, -0.2) is 0 Å². The SMILES string of the molecule is Nc1cc2c(cc1CN1CCN(C3CC3)CC1)OCCO2. The summed E-state index contributed by atoms with van der Waals surface area (Å²) in [5.41, 5.74) is 8.14. The Bertz CT molecular complexity index is 522. The van der Waals surface area contributed by atoms with Gasteiger partial charge in [-0.15, -0.1) is 0 Å². The maximum atomic E-state index is 6.17. The summed E-state index contributed by atoms with van der Waals surface area (Å²) in [4.78, 5) is 5.12. The summed E-state index contributed by atoms with van der Waals surface area (Å²) in [6, 6.07) is 4.84. The fourth-order valence-corrected chi connectivity index (χ4v) is 3.25. The van der Waals surface area contributed by atoms with E-state index in [4.69, 9.17) is 15.2 Å². The van der Waals surface area contributed by atoms with Crippen molar-refractivity contribution in [2.45, 2.75) is 25.4 Å². The molecule has 3 aliphatic rings. The molecule has 0 bridgehead atoms. The van der Waals surface area contributed by atoms with Gasteiger partial charge in [-0.3, -0.25) is 9.80 Å². The average Bonchev–Trinajstić information content (AvgIpc) is 3.33. The van der Waals surface area contributed by atoms with Crippen LogP contribution in [0.1, 0.15) is 18.4 Å². The lowest BCUT2D eigenvalue weighted by molar-refractivity contribution is 0.121. The number of nitrogen functional groups attached to an aromatic ring is 1. The summed E-state index contributed by atoms with van der Waals surface area (Å²) >= 11 is 0. The third kappa shape index (κ3) is 2.80. The van der Waals surface area contributed by atoms with Crippen LogP contribution in [0.4, 0.5) is 5.69 Å². The summed E-state index contributed by atoms with van der Waals surface area (Å²) in [5, 5.41) is 0. The zero-order valence-electron chi connectivity index (χ0n) is 12.4. The Morgan fingerprint density at radius 1 is 1.00 bits per heavy atom. The van der Waals surface area contributed by atoms with E-state index < -0.39 is 0 Å². The largest absolute Gasteiger partial charge is 0.486 e. The van der Waals surface area contributed by atoms with Crippen LogP contribution >= 0.6 is 0 Å². The molecule has 1 saturated carbocycles. The van der Waals surface area contributed by atoms with E-state index in [9.17, 15) is 0 Å². The Hall–Kier alpha value is -1.46. The number of nitrogens with zero attached hydrogens (tertiary/aromatic N) is 2. The van der Waals surface area contributed by atoms with Crippen LogP contribution in [-0.2, 0) is 6.54 Å². The number of piperazine rings is 1. The van der Waals surface area contributed by atoms with E-state index in [1.165, 1.54) is 25.9 Å². The Morgan fingerprint density at radius 3 is 2.33 bits per heavy atom. The fraction of sp³-hybridized carbons (Fsp3) is 0.625. The van der Waals surface area contributed by atoms with Crippen molar-refractivity contribution in [3.05, 3.63) is 17.7 Å². The smallest absolute Gasteiger partial charge is 0.163 e. The van der Waals surface area contributed by atoms with E-state index in [0.717, 1.165) is 48.4 Å². The molecule has 5 heteroatoms. The zero-order valence-corrected chi connectivity index (χ0v) is 12.4. The van der Waals surface area contributed by atoms with Crippen molar-refractivity contribution >= 4 is 5.69 Å². The maximum Gasteiger partial charge on any atom is 0.163 e. The van der Waals surface area contributed by atoms with Gasteiger partial charge in [0.2, 0.25) is 0 Å². The maximum absolute atomic E-state index is 6.17. The van der Waals surface area contributed by atoms with E-state index in [0.29, 0.717) is 13.2 Å². The minimum atomic E-state index is 0.606. The standard InChI is InChI=1S/C16H23N3O2/c17-14-10-16-15(20-7-8-21-16)9-12(14)11-18-3-5-19(6-4-18)13-1-2-13/h9-10,13H,1-8,11,17H2. The fourth-order valence-electron chi connectivity index (χ4n) is 3.25. The number of fused-ring (bicyclic) bond motifs is 1. The van der Waals surface area contributed by atoms with Crippen molar-refractivity contribution in [2.75, 3.05) is 45.1 Å². The first-order chi connectivity index (χ1) is 10.3. The Kier molecular flexibility index (Phi) is 3.39. The molecule has 0 unspecified atom stereocenters. The summed E-state index contributed by atoms with van der Waals surface area (Å²) in [6.07, 6.45) is 2.80. The molecule has 0 aromatic heterocycles. The molecule has 5 nitrogen and oxygen atoms in total. The van der Waals surface area contributed by atoms with Crippen LogP contribution in [0.5, 0.6) is 11.5 Å². The predicted molar refractivity (Wildman–Crippen MR) is 81.7 cm³/mol. The number of hydrogen-bond acceptors (Lipinski definition) is 5. The van der Waals surface area contributed by atoms with Gasteiger partial charge in [-0.1, -0.05) is 0 Å². The highest BCUT2D eigenvalue weighted by molar-refractivity contribution is 5.58. The second kappa shape index (κ2) is 5.39. The van der Waals surface area contributed by atoms with Gasteiger partial charge < -0.3 is 15.2 Å². The van der Waals surface area contributed by atoms with E-state index in [2.05, 4.69) is 15.9 Å². The first kappa shape index (κ1) is 13.2.